The second kappa shape index (κ2) is 12.1. The molecule has 11 rings (SSSR count). The van der Waals surface area contributed by atoms with E-state index in [1.807, 2.05) is 30.3 Å². The molecule has 0 saturated carbocycles. The number of benzene rings is 8. The van der Waals surface area contributed by atoms with Crippen LogP contribution in [0.1, 0.15) is 11.1 Å². The summed E-state index contributed by atoms with van der Waals surface area (Å²) in [6, 6.07) is 62.1. The van der Waals surface area contributed by atoms with Crippen LogP contribution < -0.4 is 0 Å². The Labute approximate surface area is 322 Å². The van der Waals surface area contributed by atoms with Crippen LogP contribution in [0.2, 0.25) is 0 Å². The van der Waals surface area contributed by atoms with Gasteiger partial charge >= 0.3 is 0 Å². The van der Waals surface area contributed by atoms with Crippen LogP contribution in [0.5, 0.6) is 0 Å². The van der Waals surface area contributed by atoms with Crippen LogP contribution in [0.3, 0.4) is 0 Å². The van der Waals surface area contributed by atoms with Crippen LogP contribution in [-0.4, -0.2) is 13.7 Å². The van der Waals surface area contributed by atoms with Crippen LogP contribution >= 0.6 is 0 Å². The van der Waals surface area contributed by atoms with Gasteiger partial charge in [-0.25, -0.2) is 4.85 Å². The fourth-order valence-electron chi connectivity index (χ4n) is 9.04. The van der Waals surface area contributed by atoms with E-state index >= 15 is 0 Å². The molecule has 0 aliphatic heterocycles. The number of rotatable bonds is 4. The van der Waals surface area contributed by atoms with E-state index in [1.54, 1.807) is 0 Å². The number of aromatic nitrogens is 3. The van der Waals surface area contributed by atoms with Crippen molar-refractivity contribution in [1.82, 2.24) is 13.7 Å². The molecule has 11 aromatic rings. The van der Waals surface area contributed by atoms with Gasteiger partial charge in [0.05, 0.1) is 50.9 Å². The molecule has 0 unspecified atom stereocenters. The maximum absolute atomic E-state index is 11.0. The fraction of sp³-hybridized carbons (Fsp3) is 0.0196. The molecule has 0 atom stereocenters. The minimum absolute atomic E-state index is 0.593. The van der Waals surface area contributed by atoms with Gasteiger partial charge in [0.25, 0.3) is 0 Å². The number of hydrogen-bond acceptors (Lipinski definition) is 1. The van der Waals surface area contributed by atoms with Gasteiger partial charge in [0.1, 0.15) is 6.07 Å². The third kappa shape index (κ3) is 4.46. The normalized spacial score (nSPS) is 11.6. The van der Waals surface area contributed by atoms with E-state index < -0.39 is 0 Å². The number of aryl methyl sites for hydroxylation is 1. The standard InChI is InChI=1S/C51H31N5/c1-32-22-25-50(56-47-21-10-6-16-39(47)41-29-34(53-2)23-26-49(41)56)43(31-52)51(32)33-12-11-13-35(28-33)54-46-20-9-5-17-40(46)42-30-36(24-27-48(42)54)55-44-18-7-3-14-37(44)38-15-4-8-19-45(38)55/h3-30H,1H3. The monoisotopic (exact) mass is 713 g/mol. The van der Waals surface area contributed by atoms with E-state index in [2.05, 4.69) is 171 Å². The summed E-state index contributed by atoms with van der Waals surface area (Å²) in [5.74, 6) is 0. The lowest BCUT2D eigenvalue weighted by atomic mass is 9.93. The van der Waals surface area contributed by atoms with Crippen LogP contribution in [0.15, 0.2) is 170 Å². The van der Waals surface area contributed by atoms with E-state index in [0.29, 0.717) is 11.3 Å². The van der Waals surface area contributed by atoms with E-state index in [4.69, 9.17) is 6.57 Å². The number of fused-ring (bicyclic) bond motifs is 9. The predicted molar refractivity (Wildman–Crippen MR) is 231 cm³/mol. The first-order valence-electron chi connectivity index (χ1n) is 18.7. The summed E-state index contributed by atoms with van der Waals surface area (Å²) in [5, 5.41) is 17.9. The minimum atomic E-state index is 0.593. The van der Waals surface area contributed by atoms with Crippen LogP contribution in [0.25, 0.3) is 98.5 Å². The zero-order chi connectivity index (χ0) is 37.5. The van der Waals surface area contributed by atoms with Crippen LogP contribution in [0, 0.1) is 24.8 Å². The Morgan fingerprint density at radius 1 is 0.464 bits per heavy atom. The van der Waals surface area contributed by atoms with Gasteiger partial charge < -0.3 is 13.7 Å². The zero-order valence-corrected chi connectivity index (χ0v) is 30.4. The molecule has 5 nitrogen and oxygen atoms in total. The van der Waals surface area contributed by atoms with Crippen molar-refractivity contribution in [3.8, 4) is 34.3 Å². The Morgan fingerprint density at radius 2 is 0.964 bits per heavy atom. The van der Waals surface area contributed by atoms with E-state index in [-0.39, 0.29) is 0 Å². The maximum Gasteiger partial charge on any atom is 0.188 e. The molecule has 56 heavy (non-hydrogen) atoms. The highest BCUT2D eigenvalue weighted by molar-refractivity contribution is 6.13. The summed E-state index contributed by atoms with van der Waals surface area (Å²) in [5.41, 5.74) is 13.6. The molecule has 0 spiro atoms. The van der Waals surface area contributed by atoms with Gasteiger partial charge in [-0.3, -0.25) is 0 Å². The third-order valence-electron chi connectivity index (χ3n) is 11.4. The minimum Gasteiger partial charge on any atom is -0.309 e. The van der Waals surface area contributed by atoms with Crippen molar-refractivity contribution < 1.29 is 0 Å². The molecule has 5 heteroatoms. The Morgan fingerprint density at radius 3 is 1.57 bits per heavy atom. The van der Waals surface area contributed by atoms with Gasteiger partial charge in [-0.2, -0.15) is 5.26 Å². The van der Waals surface area contributed by atoms with Crippen molar-refractivity contribution in [3.05, 3.63) is 192 Å². The highest BCUT2D eigenvalue weighted by Crippen LogP contribution is 2.41. The van der Waals surface area contributed by atoms with E-state index in [0.717, 1.165) is 66.6 Å². The first-order chi connectivity index (χ1) is 27.6. The van der Waals surface area contributed by atoms with Gasteiger partial charge in [-0.1, -0.05) is 97.1 Å². The number of hydrogen-bond donors (Lipinski definition) is 0. The fourth-order valence-corrected chi connectivity index (χ4v) is 9.04. The van der Waals surface area contributed by atoms with Crippen LogP contribution in [-0.2, 0) is 0 Å². The molecule has 260 valence electrons. The topological polar surface area (TPSA) is 42.9 Å². The highest BCUT2D eigenvalue weighted by Gasteiger charge is 2.21. The third-order valence-corrected chi connectivity index (χ3v) is 11.4. The smallest absolute Gasteiger partial charge is 0.188 e. The Bertz CT molecular complexity index is 3470. The first-order valence-corrected chi connectivity index (χ1v) is 18.7. The lowest BCUT2D eigenvalue weighted by Gasteiger charge is -2.17. The SMILES string of the molecule is [C-]#[N+]c1ccc2c(c1)c1ccccc1n2-c1ccc(C)c(-c2cccc(-n3c4ccccc4c4cc(-n5c6ccccc6c6ccccc65)ccc43)c2)c1C#N. The van der Waals surface area contributed by atoms with Gasteiger partial charge in [0, 0.05) is 43.9 Å². The summed E-state index contributed by atoms with van der Waals surface area (Å²) in [6.45, 7) is 9.71. The zero-order valence-electron chi connectivity index (χ0n) is 30.4. The molecule has 0 fully saturated rings. The van der Waals surface area contributed by atoms with Crippen LogP contribution in [0.4, 0.5) is 5.69 Å². The molecule has 3 heterocycles. The molecular weight excluding hydrogens is 683 g/mol. The summed E-state index contributed by atoms with van der Waals surface area (Å²) < 4.78 is 6.89. The summed E-state index contributed by atoms with van der Waals surface area (Å²) >= 11 is 0. The molecule has 0 N–H and O–H groups in total. The van der Waals surface area contributed by atoms with Crippen molar-refractivity contribution in [2.24, 2.45) is 0 Å². The molecule has 0 aliphatic carbocycles. The average molecular weight is 714 g/mol. The summed E-state index contributed by atoms with van der Waals surface area (Å²) in [7, 11) is 0. The lowest BCUT2D eigenvalue weighted by Crippen LogP contribution is -2.02. The first kappa shape index (κ1) is 31.6. The second-order valence-electron chi connectivity index (χ2n) is 14.4. The Balaban J connectivity index is 1.11. The number of para-hydroxylation sites is 4. The van der Waals surface area contributed by atoms with Crippen molar-refractivity contribution >= 4 is 71.1 Å². The highest BCUT2D eigenvalue weighted by atomic mass is 15.0. The van der Waals surface area contributed by atoms with E-state index in [1.165, 1.54) is 32.6 Å². The van der Waals surface area contributed by atoms with Gasteiger partial charge in [-0.15, -0.1) is 0 Å². The maximum atomic E-state index is 11.0. The average Bonchev–Trinajstić information content (AvgIpc) is 3.89. The molecule has 0 amide bonds. The quantitative estimate of drug-likeness (QED) is 0.167. The molecule has 0 aliphatic rings. The molecule has 8 aromatic carbocycles. The summed E-state index contributed by atoms with van der Waals surface area (Å²) in [6.07, 6.45) is 0. The second-order valence-corrected chi connectivity index (χ2v) is 14.4. The molecular formula is C51H31N5. The molecule has 3 aromatic heterocycles. The largest absolute Gasteiger partial charge is 0.309 e. The van der Waals surface area contributed by atoms with Crippen molar-refractivity contribution in [2.75, 3.05) is 0 Å². The molecule has 0 bridgehead atoms. The van der Waals surface area contributed by atoms with Gasteiger partial charge in [0.2, 0.25) is 0 Å². The number of nitriles is 1. The predicted octanol–water partition coefficient (Wildman–Crippen LogP) is 13.4. The number of nitrogens with zero attached hydrogens (tertiary/aromatic N) is 5. The van der Waals surface area contributed by atoms with Crippen molar-refractivity contribution in [2.45, 2.75) is 6.92 Å². The Kier molecular flexibility index (Phi) is 6.83. The molecule has 0 radical (unpaired) electrons. The van der Waals surface area contributed by atoms with Gasteiger partial charge in [-0.05, 0) is 96.2 Å². The molecule has 0 saturated heterocycles. The summed E-state index contributed by atoms with van der Waals surface area (Å²) in [4.78, 5) is 3.70. The van der Waals surface area contributed by atoms with E-state index in [9.17, 15) is 5.26 Å². The Hall–Kier alpha value is -7.86. The van der Waals surface area contributed by atoms with Gasteiger partial charge in [0.15, 0.2) is 5.69 Å². The lowest BCUT2D eigenvalue weighted by molar-refractivity contribution is 1.16. The van der Waals surface area contributed by atoms with Crippen molar-refractivity contribution in [3.63, 3.8) is 0 Å². The van der Waals surface area contributed by atoms with Crippen molar-refractivity contribution in [1.29, 1.82) is 5.26 Å².